The van der Waals surface area contributed by atoms with E-state index in [1.54, 1.807) is 26.8 Å². The van der Waals surface area contributed by atoms with Gasteiger partial charge in [-0.05, 0) is 57.5 Å². The fourth-order valence-corrected chi connectivity index (χ4v) is 3.48. The number of pyridine rings is 1. The van der Waals surface area contributed by atoms with Crippen LogP contribution in [0.4, 0.5) is 13.2 Å². The van der Waals surface area contributed by atoms with E-state index < -0.39 is 23.7 Å². The summed E-state index contributed by atoms with van der Waals surface area (Å²) in [6.45, 7) is 5.33. The maximum absolute atomic E-state index is 13.5. The maximum atomic E-state index is 13.5. The Kier molecular flexibility index (Phi) is 6.77. The lowest BCUT2D eigenvalue weighted by Gasteiger charge is -2.15. The van der Waals surface area contributed by atoms with Gasteiger partial charge < -0.3 is 19.0 Å². The van der Waals surface area contributed by atoms with E-state index in [4.69, 9.17) is 14.0 Å². The largest absolute Gasteiger partial charge is 0.475 e. The molecule has 1 N–H and O–H groups in total. The molecule has 3 aromatic heterocycles. The second-order valence-electron chi connectivity index (χ2n) is 8.07. The van der Waals surface area contributed by atoms with Gasteiger partial charge in [0.15, 0.2) is 0 Å². The third-order valence-electron chi connectivity index (χ3n) is 5.02. The zero-order chi connectivity index (χ0) is 25.2. The number of fused-ring (bicyclic) bond motifs is 1. The number of aryl methyl sites for hydroxylation is 1. The minimum Gasteiger partial charge on any atom is -0.475 e. The van der Waals surface area contributed by atoms with Crippen LogP contribution in [0.15, 0.2) is 41.1 Å². The summed E-state index contributed by atoms with van der Waals surface area (Å²) < 4.78 is 56.0. The highest BCUT2D eigenvalue weighted by atomic mass is 19.4. The van der Waals surface area contributed by atoms with Crippen LogP contribution < -0.4 is 4.74 Å². The monoisotopic (exact) mass is 488 g/mol. The molecule has 35 heavy (non-hydrogen) atoms. The molecule has 0 aliphatic rings. The molecule has 0 aliphatic heterocycles. The number of nitrogens with one attached hydrogen (secondary N) is 1. The van der Waals surface area contributed by atoms with E-state index in [0.29, 0.717) is 18.6 Å². The molecule has 0 amide bonds. The average molecular weight is 488 g/mol. The molecule has 4 aromatic rings. The van der Waals surface area contributed by atoms with E-state index in [1.807, 2.05) is 18.2 Å². The second kappa shape index (κ2) is 9.77. The molecule has 3 heterocycles. The van der Waals surface area contributed by atoms with Gasteiger partial charge in [-0.25, -0.2) is 4.98 Å². The van der Waals surface area contributed by atoms with Gasteiger partial charge >= 0.3 is 12.1 Å². The van der Waals surface area contributed by atoms with Crippen molar-refractivity contribution >= 4 is 16.9 Å². The SMILES string of the molecule is CCOC(=O)CCc1cc2cc(-c3noc(-c4cnc(OC(C)C)c(C(F)(F)F)c4)n3)ccc2[nH]1. The van der Waals surface area contributed by atoms with Crippen molar-refractivity contribution in [2.75, 3.05) is 6.61 Å². The van der Waals surface area contributed by atoms with Crippen LogP contribution in [0.25, 0.3) is 33.7 Å². The summed E-state index contributed by atoms with van der Waals surface area (Å²) in [4.78, 5) is 22.9. The van der Waals surface area contributed by atoms with Crippen LogP contribution >= 0.6 is 0 Å². The highest BCUT2D eigenvalue weighted by Crippen LogP contribution is 2.37. The Labute approximate surface area is 198 Å². The fraction of sp³-hybridized carbons (Fsp3) is 0.333. The summed E-state index contributed by atoms with van der Waals surface area (Å²) in [5.74, 6) is -0.656. The second-order valence-corrected chi connectivity index (χ2v) is 8.07. The topological polar surface area (TPSA) is 103 Å². The van der Waals surface area contributed by atoms with Crippen LogP contribution in [0.2, 0.25) is 0 Å². The third kappa shape index (κ3) is 5.61. The van der Waals surface area contributed by atoms with E-state index >= 15 is 0 Å². The molecule has 0 saturated heterocycles. The van der Waals surface area contributed by atoms with E-state index in [1.165, 1.54) is 6.20 Å². The first-order chi connectivity index (χ1) is 16.6. The van der Waals surface area contributed by atoms with Crippen molar-refractivity contribution in [3.05, 3.63) is 47.8 Å². The molecule has 8 nitrogen and oxygen atoms in total. The molecule has 0 bridgehead atoms. The van der Waals surface area contributed by atoms with Crippen LogP contribution in [0.3, 0.4) is 0 Å². The van der Waals surface area contributed by atoms with E-state index in [9.17, 15) is 18.0 Å². The number of ether oxygens (including phenoxy) is 2. The molecule has 0 aliphatic carbocycles. The first-order valence-corrected chi connectivity index (χ1v) is 11.0. The highest BCUT2D eigenvalue weighted by Gasteiger charge is 2.36. The smallest absolute Gasteiger partial charge is 0.421 e. The Morgan fingerprint density at radius 1 is 1.17 bits per heavy atom. The lowest BCUT2D eigenvalue weighted by Crippen LogP contribution is -2.14. The van der Waals surface area contributed by atoms with Gasteiger partial charge in [0, 0.05) is 28.4 Å². The molecule has 0 radical (unpaired) electrons. The number of aromatic amines is 1. The van der Waals surface area contributed by atoms with E-state index in [2.05, 4.69) is 20.1 Å². The number of carbonyl (C=O) groups is 1. The Morgan fingerprint density at radius 3 is 2.69 bits per heavy atom. The molecule has 1 aromatic carbocycles. The molecule has 0 unspecified atom stereocenters. The first kappa shape index (κ1) is 24.2. The zero-order valence-corrected chi connectivity index (χ0v) is 19.3. The summed E-state index contributed by atoms with van der Waals surface area (Å²) in [7, 11) is 0. The van der Waals surface area contributed by atoms with E-state index in [-0.39, 0.29) is 29.7 Å². The van der Waals surface area contributed by atoms with Crippen molar-refractivity contribution < 1.29 is 32.0 Å². The van der Waals surface area contributed by atoms with Gasteiger partial charge in [-0.1, -0.05) is 5.16 Å². The number of nitrogens with zero attached hydrogens (tertiary/aromatic N) is 3. The zero-order valence-electron chi connectivity index (χ0n) is 19.3. The number of alkyl halides is 3. The number of carbonyl (C=O) groups excluding carboxylic acids is 1. The molecular formula is C24H23F3N4O4. The van der Waals surface area contributed by atoms with Gasteiger partial charge in [0.1, 0.15) is 5.56 Å². The number of rotatable bonds is 8. The van der Waals surface area contributed by atoms with Gasteiger partial charge in [-0.3, -0.25) is 4.79 Å². The molecule has 0 atom stereocenters. The van der Waals surface area contributed by atoms with Gasteiger partial charge in [-0.15, -0.1) is 0 Å². The summed E-state index contributed by atoms with van der Waals surface area (Å²) in [5, 5.41) is 4.79. The normalized spacial score (nSPS) is 11.9. The molecule has 0 saturated carbocycles. The van der Waals surface area contributed by atoms with Gasteiger partial charge in [-0.2, -0.15) is 18.2 Å². The van der Waals surface area contributed by atoms with Crippen molar-refractivity contribution in [2.45, 2.75) is 45.9 Å². The van der Waals surface area contributed by atoms with Crippen LogP contribution in [0, 0.1) is 0 Å². The molecule has 11 heteroatoms. The number of hydrogen-bond donors (Lipinski definition) is 1. The van der Waals surface area contributed by atoms with Crippen molar-refractivity contribution in [3.8, 4) is 28.7 Å². The van der Waals surface area contributed by atoms with Crippen molar-refractivity contribution in [2.24, 2.45) is 0 Å². The third-order valence-corrected chi connectivity index (χ3v) is 5.02. The number of benzene rings is 1. The molecule has 0 spiro atoms. The van der Waals surface area contributed by atoms with Crippen LogP contribution in [-0.4, -0.2) is 38.8 Å². The van der Waals surface area contributed by atoms with Gasteiger partial charge in [0.05, 0.1) is 24.7 Å². The minimum absolute atomic E-state index is 0.0242. The number of hydrogen-bond acceptors (Lipinski definition) is 7. The van der Waals surface area contributed by atoms with Crippen LogP contribution in [0.1, 0.15) is 38.4 Å². The minimum atomic E-state index is -4.67. The van der Waals surface area contributed by atoms with E-state index in [0.717, 1.165) is 22.7 Å². The Hall–Kier alpha value is -3.89. The quantitative estimate of drug-likeness (QED) is 0.323. The predicted molar refractivity (Wildman–Crippen MR) is 121 cm³/mol. The number of halogens is 3. The van der Waals surface area contributed by atoms with Crippen LogP contribution in [-0.2, 0) is 22.1 Å². The van der Waals surface area contributed by atoms with Crippen molar-refractivity contribution in [1.29, 1.82) is 0 Å². The molecular weight excluding hydrogens is 465 g/mol. The molecule has 0 fully saturated rings. The predicted octanol–water partition coefficient (Wildman–Crippen LogP) is 5.58. The molecule has 4 rings (SSSR count). The Bertz CT molecular complexity index is 1340. The van der Waals surface area contributed by atoms with Gasteiger partial charge in [0.2, 0.25) is 11.7 Å². The average Bonchev–Trinajstić information content (AvgIpc) is 3.43. The summed E-state index contributed by atoms with van der Waals surface area (Å²) in [6.07, 6.45) is -3.18. The van der Waals surface area contributed by atoms with Crippen molar-refractivity contribution in [3.63, 3.8) is 0 Å². The fourth-order valence-electron chi connectivity index (χ4n) is 3.48. The summed E-state index contributed by atoms with van der Waals surface area (Å²) in [5.41, 5.74) is 1.35. The lowest BCUT2D eigenvalue weighted by atomic mass is 10.1. The number of esters is 1. The highest BCUT2D eigenvalue weighted by molar-refractivity contribution is 5.85. The maximum Gasteiger partial charge on any atom is 0.421 e. The first-order valence-electron chi connectivity index (χ1n) is 11.0. The number of aromatic nitrogens is 4. The number of H-pyrrole nitrogens is 1. The Morgan fingerprint density at radius 2 is 1.97 bits per heavy atom. The summed E-state index contributed by atoms with van der Waals surface area (Å²) in [6, 6.07) is 8.21. The lowest BCUT2D eigenvalue weighted by molar-refractivity contribution is -0.143. The standard InChI is InChI=1S/C24H23F3N4O4/c1-4-33-20(32)8-6-17-10-15-9-14(5-7-19(15)29-17)21-30-22(35-31-21)16-11-18(24(25,26)27)23(28-12-16)34-13(2)3/h5,7,9-13,29H,4,6,8H2,1-3H3. The Balaban J connectivity index is 1.58. The van der Waals surface area contributed by atoms with Crippen molar-refractivity contribution in [1.82, 2.24) is 20.1 Å². The van der Waals surface area contributed by atoms with Gasteiger partial charge in [0.25, 0.3) is 5.89 Å². The summed E-state index contributed by atoms with van der Waals surface area (Å²) >= 11 is 0. The molecule has 184 valence electrons. The van der Waals surface area contributed by atoms with Crippen LogP contribution in [0.5, 0.6) is 5.88 Å².